The van der Waals surface area contributed by atoms with Crippen LogP contribution in [-0.4, -0.2) is 33.2 Å². The molecule has 118 valence electrons. The number of nitrogens with one attached hydrogen (secondary N) is 1. The molecule has 5 nitrogen and oxygen atoms in total. The molecule has 21 heavy (non-hydrogen) atoms. The second-order valence-corrected chi connectivity index (χ2v) is 6.39. The first-order valence-electron chi connectivity index (χ1n) is 6.30. The maximum Gasteiger partial charge on any atom is 0.246 e. The van der Waals surface area contributed by atoms with Gasteiger partial charge in [0.2, 0.25) is 10.0 Å². The molecule has 0 bridgehead atoms. The normalized spacial score (nSPS) is 25.7. The van der Waals surface area contributed by atoms with Crippen molar-refractivity contribution in [2.24, 2.45) is 5.73 Å². The molecule has 0 aliphatic heterocycles. The molecule has 3 N–H and O–H groups in total. The molecule has 1 aliphatic rings. The Morgan fingerprint density at radius 2 is 1.90 bits per heavy atom. The van der Waals surface area contributed by atoms with Crippen molar-refractivity contribution >= 4 is 10.0 Å². The SMILES string of the molecule is CCOC1CC(N)C1NS(=O)(=O)c1c(F)cc(F)cc1F. The molecule has 3 unspecified atom stereocenters. The van der Waals surface area contributed by atoms with E-state index < -0.39 is 50.6 Å². The summed E-state index contributed by atoms with van der Waals surface area (Å²) in [5.74, 6) is -4.20. The number of hydrogen-bond acceptors (Lipinski definition) is 4. The van der Waals surface area contributed by atoms with Crippen molar-refractivity contribution in [3.63, 3.8) is 0 Å². The van der Waals surface area contributed by atoms with Crippen molar-refractivity contribution in [1.29, 1.82) is 0 Å². The highest BCUT2D eigenvalue weighted by Crippen LogP contribution is 2.26. The zero-order chi connectivity index (χ0) is 15.8. The van der Waals surface area contributed by atoms with Crippen LogP contribution in [-0.2, 0) is 14.8 Å². The van der Waals surface area contributed by atoms with E-state index in [0.717, 1.165) is 0 Å². The van der Waals surface area contributed by atoms with Gasteiger partial charge in [-0.1, -0.05) is 0 Å². The number of hydrogen-bond donors (Lipinski definition) is 2. The number of nitrogens with two attached hydrogens (primary N) is 1. The predicted octanol–water partition coefficient (Wildman–Crippen LogP) is 0.887. The van der Waals surface area contributed by atoms with Gasteiger partial charge < -0.3 is 10.5 Å². The molecule has 0 spiro atoms. The van der Waals surface area contributed by atoms with E-state index in [0.29, 0.717) is 25.2 Å². The Labute approximate surface area is 120 Å². The summed E-state index contributed by atoms with van der Waals surface area (Å²) in [6.45, 7) is 2.09. The summed E-state index contributed by atoms with van der Waals surface area (Å²) < 4.78 is 71.4. The summed E-state index contributed by atoms with van der Waals surface area (Å²) in [4.78, 5) is -1.22. The minimum absolute atomic E-state index is 0.304. The molecule has 0 saturated heterocycles. The minimum atomic E-state index is -4.51. The van der Waals surface area contributed by atoms with Gasteiger partial charge in [0.25, 0.3) is 0 Å². The third kappa shape index (κ3) is 3.20. The fourth-order valence-electron chi connectivity index (χ4n) is 2.21. The maximum absolute atomic E-state index is 13.6. The molecular formula is C12H15F3N2O3S. The Morgan fingerprint density at radius 1 is 1.33 bits per heavy atom. The summed E-state index contributed by atoms with van der Waals surface area (Å²) in [5.41, 5.74) is 5.67. The molecule has 1 saturated carbocycles. The molecule has 9 heteroatoms. The largest absolute Gasteiger partial charge is 0.377 e. The molecule has 0 amide bonds. The molecule has 1 fully saturated rings. The lowest BCUT2D eigenvalue weighted by Gasteiger charge is -2.42. The monoisotopic (exact) mass is 324 g/mol. The second-order valence-electron chi connectivity index (χ2n) is 4.74. The average molecular weight is 324 g/mol. The van der Waals surface area contributed by atoms with E-state index in [1.807, 2.05) is 0 Å². The predicted molar refractivity (Wildman–Crippen MR) is 68.4 cm³/mol. The number of rotatable bonds is 5. The highest BCUT2D eigenvalue weighted by Gasteiger charge is 2.43. The van der Waals surface area contributed by atoms with Gasteiger partial charge in [0.15, 0.2) is 4.90 Å². The average Bonchev–Trinajstić information content (AvgIpc) is 2.34. The lowest BCUT2D eigenvalue weighted by molar-refractivity contribution is -0.0248. The quantitative estimate of drug-likeness (QED) is 0.843. The van der Waals surface area contributed by atoms with Crippen LogP contribution >= 0.6 is 0 Å². The van der Waals surface area contributed by atoms with E-state index in [2.05, 4.69) is 4.72 Å². The molecule has 3 atom stereocenters. The number of ether oxygens (including phenoxy) is 1. The van der Waals surface area contributed by atoms with Crippen molar-refractivity contribution in [2.75, 3.05) is 6.61 Å². The van der Waals surface area contributed by atoms with Crippen molar-refractivity contribution in [3.8, 4) is 0 Å². The van der Waals surface area contributed by atoms with Crippen LogP contribution in [0.15, 0.2) is 17.0 Å². The first kappa shape index (κ1) is 16.2. The van der Waals surface area contributed by atoms with E-state index in [-0.39, 0.29) is 0 Å². The third-order valence-corrected chi connectivity index (χ3v) is 4.78. The molecule has 0 radical (unpaired) electrons. The zero-order valence-corrected chi connectivity index (χ0v) is 12.0. The molecular weight excluding hydrogens is 309 g/mol. The van der Waals surface area contributed by atoms with E-state index in [1.54, 1.807) is 6.92 Å². The number of sulfonamides is 1. The van der Waals surface area contributed by atoms with Crippen molar-refractivity contribution in [2.45, 2.75) is 36.4 Å². The standard InChI is InChI=1S/C12H15F3N2O3S/c1-2-20-10-5-9(16)11(10)17-21(18,19)12-7(14)3-6(13)4-8(12)15/h3-4,9-11,17H,2,5,16H2,1H3. The van der Waals surface area contributed by atoms with Gasteiger partial charge in [0.05, 0.1) is 12.1 Å². The summed E-state index contributed by atoms with van der Waals surface area (Å²) in [6.07, 6.45) is -0.0126. The van der Waals surface area contributed by atoms with E-state index in [4.69, 9.17) is 10.5 Å². The summed E-state index contributed by atoms with van der Waals surface area (Å²) in [6, 6.07) is -0.682. The van der Waals surface area contributed by atoms with E-state index in [1.165, 1.54) is 0 Å². The van der Waals surface area contributed by atoms with Crippen LogP contribution in [0.3, 0.4) is 0 Å². The molecule has 1 aromatic rings. The molecule has 0 heterocycles. The number of benzene rings is 1. The second kappa shape index (κ2) is 5.91. The molecule has 2 rings (SSSR count). The first-order valence-corrected chi connectivity index (χ1v) is 7.78. The lowest BCUT2D eigenvalue weighted by Crippen LogP contribution is -2.64. The highest BCUT2D eigenvalue weighted by atomic mass is 32.2. The van der Waals surface area contributed by atoms with E-state index >= 15 is 0 Å². The van der Waals surface area contributed by atoms with Crippen LogP contribution in [0.1, 0.15) is 13.3 Å². The Balaban J connectivity index is 2.27. The fourth-order valence-corrected chi connectivity index (χ4v) is 3.65. The Kier molecular flexibility index (Phi) is 4.57. The maximum atomic E-state index is 13.6. The Morgan fingerprint density at radius 3 is 2.38 bits per heavy atom. The van der Waals surface area contributed by atoms with Gasteiger partial charge in [-0.3, -0.25) is 0 Å². The van der Waals surface area contributed by atoms with Gasteiger partial charge in [-0.15, -0.1) is 0 Å². The van der Waals surface area contributed by atoms with Crippen LogP contribution in [0.4, 0.5) is 13.2 Å². The molecule has 1 aromatic carbocycles. The molecule has 1 aliphatic carbocycles. The summed E-state index contributed by atoms with van der Waals surface area (Å²) in [5, 5.41) is 0. The van der Waals surface area contributed by atoms with Crippen LogP contribution in [0.25, 0.3) is 0 Å². The minimum Gasteiger partial charge on any atom is -0.377 e. The zero-order valence-electron chi connectivity index (χ0n) is 11.1. The Bertz CT molecular complexity index is 614. The molecule has 0 aromatic heterocycles. The van der Waals surface area contributed by atoms with Crippen LogP contribution in [0.5, 0.6) is 0 Å². The highest BCUT2D eigenvalue weighted by molar-refractivity contribution is 7.89. The van der Waals surface area contributed by atoms with Gasteiger partial charge in [-0.2, -0.15) is 0 Å². The van der Waals surface area contributed by atoms with Crippen molar-refractivity contribution < 1.29 is 26.3 Å². The number of halogens is 3. The Hall–Kier alpha value is -1.16. The first-order chi connectivity index (χ1) is 9.76. The third-order valence-electron chi connectivity index (χ3n) is 3.27. The van der Waals surface area contributed by atoms with Gasteiger partial charge in [-0.25, -0.2) is 26.3 Å². The van der Waals surface area contributed by atoms with Gasteiger partial charge in [0.1, 0.15) is 17.5 Å². The van der Waals surface area contributed by atoms with Gasteiger partial charge in [-0.05, 0) is 13.3 Å². The van der Waals surface area contributed by atoms with Gasteiger partial charge in [0, 0.05) is 24.8 Å². The van der Waals surface area contributed by atoms with Crippen molar-refractivity contribution in [3.05, 3.63) is 29.6 Å². The topological polar surface area (TPSA) is 81.4 Å². The lowest BCUT2D eigenvalue weighted by atomic mass is 9.84. The van der Waals surface area contributed by atoms with Gasteiger partial charge >= 0.3 is 0 Å². The van der Waals surface area contributed by atoms with Crippen molar-refractivity contribution in [1.82, 2.24) is 4.72 Å². The van der Waals surface area contributed by atoms with E-state index in [9.17, 15) is 21.6 Å². The van der Waals surface area contributed by atoms with Crippen LogP contribution in [0.2, 0.25) is 0 Å². The smallest absolute Gasteiger partial charge is 0.246 e. The summed E-state index contributed by atoms with van der Waals surface area (Å²) >= 11 is 0. The van der Waals surface area contributed by atoms with Crippen LogP contribution < -0.4 is 10.5 Å². The fraction of sp³-hybridized carbons (Fsp3) is 0.500. The summed E-state index contributed by atoms with van der Waals surface area (Å²) in [7, 11) is -4.51. The van der Waals surface area contributed by atoms with Crippen LogP contribution in [0, 0.1) is 17.5 Å².